The van der Waals surface area contributed by atoms with Crippen molar-refractivity contribution >= 4 is 34.2 Å². The molecule has 1 aromatic rings. The number of alkyl carbamates (subject to hydrolysis) is 1. The lowest BCUT2D eigenvalue weighted by Crippen LogP contribution is -2.51. The molecule has 1 amide bonds. The van der Waals surface area contributed by atoms with Crippen LogP contribution in [0.5, 0.6) is 0 Å². The second-order valence-corrected chi connectivity index (χ2v) is 21.8. The highest BCUT2D eigenvalue weighted by atomic mass is 28.3. The summed E-state index contributed by atoms with van der Waals surface area (Å²) < 4.78 is 42.1. The number of aliphatic carboxylic acids is 1. The number of hydrogen-bond acceptors (Lipinski definition) is 6. The first-order valence-corrected chi connectivity index (χ1v) is 18.8. The number of carboxylic acids is 1. The van der Waals surface area contributed by atoms with Crippen molar-refractivity contribution in [3.05, 3.63) is 35.9 Å². The molecular weight excluding hydrogens is 513 g/mol. The Morgan fingerprint density at radius 2 is 1.47 bits per heavy atom. The van der Waals surface area contributed by atoms with Gasteiger partial charge in [0.05, 0.1) is 7.11 Å². The number of rotatable bonds is 11. The number of carboxylic acid groups (broad SMARTS) is 1. The number of nitrogens with one attached hydrogen (secondary N) is 2. The van der Waals surface area contributed by atoms with Crippen molar-refractivity contribution in [1.82, 2.24) is 10.6 Å². The lowest BCUT2D eigenvalue weighted by atomic mass is 10.2. The zero-order valence-corrected chi connectivity index (χ0v) is 24.0. The van der Waals surface area contributed by atoms with E-state index in [1.807, 2.05) is 30.3 Å². The van der Waals surface area contributed by atoms with E-state index in [2.05, 4.69) is 49.9 Å². The maximum atomic E-state index is 12.3. The third kappa shape index (κ3) is 17.1. The van der Waals surface area contributed by atoms with Crippen LogP contribution in [0.2, 0.25) is 51.4 Å². The Kier molecular flexibility index (Phi) is 14.0. The molecular formula is C23H39F3N2O6Si2. The normalized spacial score (nSPS) is 13.5. The molecule has 13 heteroatoms. The van der Waals surface area contributed by atoms with Crippen LogP contribution in [0.3, 0.4) is 0 Å². The quantitative estimate of drug-likeness (QED) is 0.269. The van der Waals surface area contributed by atoms with Crippen molar-refractivity contribution in [2.45, 2.75) is 76.2 Å². The van der Waals surface area contributed by atoms with Crippen molar-refractivity contribution < 1.29 is 42.1 Å². The summed E-state index contributed by atoms with van der Waals surface area (Å²) in [7, 11) is -1.50. The molecule has 1 aromatic carbocycles. The minimum atomic E-state index is -5.08. The fourth-order valence-electron chi connectivity index (χ4n) is 3.12. The van der Waals surface area contributed by atoms with Crippen molar-refractivity contribution in [2.24, 2.45) is 0 Å². The van der Waals surface area contributed by atoms with E-state index in [4.69, 9.17) is 19.4 Å². The number of alkyl halides is 3. The van der Waals surface area contributed by atoms with Crippen LogP contribution < -0.4 is 10.6 Å². The minimum absolute atomic E-state index is 0.0984. The average Bonchev–Trinajstić information content (AvgIpc) is 2.73. The molecule has 36 heavy (non-hydrogen) atoms. The summed E-state index contributed by atoms with van der Waals surface area (Å²) in [5, 5.41) is 13.5. The summed E-state index contributed by atoms with van der Waals surface area (Å²) in [5.74, 6) is -3.00. The lowest BCUT2D eigenvalue weighted by molar-refractivity contribution is -0.192. The van der Waals surface area contributed by atoms with E-state index in [0.29, 0.717) is 6.54 Å². The van der Waals surface area contributed by atoms with Gasteiger partial charge in [-0.2, -0.15) is 13.2 Å². The Hall–Kier alpha value is -2.39. The molecule has 3 N–H and O–H groups in total. The van der Waals surface area contributed by atoms with E-state index in [0.717, 1.165) is 17.7 Å². The van der Waals surface area contributed by atoms with Crippen molar-refractivity contribution in [2.75, 3.05) is 13.7 Å². The van der Waals surface area contributed by atoms with Gasteiger partial charge in [-0.1, -0.05) is 69.6 Å². The first kappa shape index (κ1) is 33.6. The summed E-state index contributed by atoms with van der Waals surface area (Å²) in [6.07, 6.45) is -5.52. The maximum Gasteiger partial charge on any atom is 0.490 e. The standard InChI is InChI=1S/C21H38N2O4Si2.C2HF3O2/c1-26-20(24)19(16-29(5,6)7)22-13-18(15-28(2,3)4)23-21(25)27-14-17-11-9-8-10-12-17;3-2(4,5)1(6)7/h8-12,18-19,22H,13-16H2,1-7H3,(H,23,25);(H,6,7)/t18-,19+;/m1./s1. The predicted octanol–water partition coefficient (Wildman–Crippen LogP) is 4.72. The van der Waals surface area contributed by atoms with Crippen molar-refractivity contribution in [1.29, 1.82) is 0 Å². The molecule has 0 aliphatic carbocycles. The van der Waals surface area contributed by atoms with Gasteiger partial charge in [-0.05, 0) is 17.7 Å². The molecule has 0 aliphatic rings. The third-order valence-electron chi connectivity index (χ3n) is 4.55. The first-order valence-electron chi connectivity index (χ1n) is 11.4. The molecule has 1 rings (SSSR count). The fraction of sp³-hybridized carbons (Fsp3) is 0.609. The van der Waals surface area contributed by atoms with Gasteiger partial charge in [0, 0.05) is 28.7 Å². The van der Waals surface area contributed by atoms with E-state index in [9.17, 15) is 22.8 Å². The monoisotopic (exact) mass is 552 g/mol. The maximum absolute atomic E-state index is 12.3. The van der Waals surface area contributed by atoms with Crippen molar-refractivity contribution in [3.8, 4) is 0 Å². The second kappa shape index (κ2) is 15.0. The number of esters is 1. The van der Waals surface area contributed by atoms with Gasteiger partial charge in [-0.25, -0.2) is 9.59 Å². The number of carbonyl (C=O) groups excluding carboxylic acids is 2. The molecule has 0 fully saturated rings. The van der Waals surface area contributed by atoms with E-state index < -0.39 is 34.4 Å². The molecule has 2 atom stereocenters. The predicted molar refractivity (Wildman–Crippen MR) is 137 cm³/mol. The van der Waals surface area contributed by atoms with E-state index in [-0.39, 0.29) is 24.7 Å². The van der Waals surface area contributed by atoms with Crippen LogP contribution in [0.1, 0.15) is 5.56 Å². The molecule has 0 aliphatic heterocycles. The summed E-state index contributed by atoms with van der Waals surface area (Å²) in [6, 6.07) is 10.8. The van der Waals surface area contributed by atoms with Gasteiger partial charge < -0.3 is 25.2 Å². The highest BCUT2D eigenvalue weighted by Gasteiger charge is 2.38. The Labute approximate surface area is 213 Å². The number of methoxy groups -OCH3 is 1. The molecule has 8 nitrogen and oxygen atoms in total. The molecule has 0 unspecified atom stereocenters. The fourth-order valence-corrected chi connectivity index (χ4v) is 6.38. The summed E-state index contributed by atoms with van der Waals surface area (Å²) >= 11 is 0. The van der Waals surface area contributed by atoms with Crippen molar-refractivity contribution in [3.63, 3.8) is 0 Å². The summed E-state index contributed by atoms with van der Waals surface area (Å²) in [4.78, 5) is 33.4. The molecule has 0 aromatic heterocycles. The van der Waals surface area contributed by atoms with Crippen LogP contribution >= 0.6 is 0 Å². The zero-order valence-electron chi connectivity index (χ0n) is 22.0. The Morgan fingerprint density at radius 1 is 0.972 bits per heavy atom. The number of carbonyl (C=O) groups is 3. The van der Waals surface area contributed by atoms with E-state index >= 15 is 0 Å². The summed E-state index contributed by atoms with van der Waals surface area (Å²) in [6.45, 7) is 14.2. The SMILES string of the molecule is COC(=O)[C@H](C[Si](C)(C)C)NC[C@H](C[Si](C)(C)C)NC(=O)OCc1ccccc1.O=C(O)C(F)(F)F. The lowest BCUT2D eigenvalue weighted by Gasteiger charge is -2.29. The minimum Gasteiger partial charge on any atom is -0.475 e. The van der Waals surface area contributed by atoms with Crippen LogP contribution in [0.15, 0.2) is 30.3 Å². The molecule has 0 saturated carbocycles. The summed E-state index contributed by atoms with van der Waals surface area (Å²) in [5.41, 5.74) is 0.948. The molecule has 206 valence electrons. The molecule has 0 bridgehead atoms. The van der Waals surface area contributed by atoms with Gasteiger partial charge in [-0.15, -0.1) is 0 Å². The van der Waals surface area contributed by atoms with Crippen LogP contribution in [0, 0.1) is 0 Å². The second-order valence-electron chi connectivity index (χ2n) is 10.7. The number of amides is 1. The Morgan fingerprint density at radius 3 is 1.89 bits per heavy atom. The van der Waals surface area contributed by atoms with Gasteiger partial charge in [0.1, 0.15) is 12.6 Å². The highest BCUT2D eigenvalue weighted by molar-refractivity contribution is 6.76. The largest absolute Gasteiger partial charge is 0.490 e. The number of hydrogen-bond donors (Lipinski definition) is 3. The smallest absolute Gasteiger partial charge is 0.475 e. The number of halogens is 3. The van der Waals surface area contributed by atoms with Gasteiger partial charge in [0.25, 0.3) is 0 Å². The molecule has 0 radical (unpaired) electrons. The van der Waals surface area contributed by atoms with Crippen LogP contribution in [0.4, 0.5) is 18.0 Å². The van der Waals surface area contributed by atoms with Gasteiger partial charge in [0.2, 0.25) is 0 Å². The Balaban J connectivity index is 0.00000152. The highest BCUT2D eigenvalue weighted by Crippen LogP contribution is 2.15. The number of benzene rings is 1. The van der Waals surface area contributed by atoms with E-state index in [1.54, 1.807) is 0 Å². The van der Waals surface area contributed by atoms with Gasteiger partial charge >= 0.3 is 24.2 Å². The van der Waals surface area contributed by atoms with Crippen LogP contribution in [0.25, 0.3) is 0 Å². The Bertz CT molecular complexity index is 828. The van der Waals surface area contributed by atoms with Crippen LogP contribution in [-0.2, 0) is 25.7 Å². The third-order valence-corrected chi connectivity index (χ3v) is 7.90. The average molecular weight is 553 g/mol. The van der Waals surface area contributed by atoms with Gasteiger partial charge in [-0.3, -0.25) is 4.79 Å². The van der Waals surface area contributed by atoms with Gasteiger partial charge in [0.15, 0.2) is 0 Å². The molecule has 0 heterocycles. The topological polar surface area (TPSA) is 114 Å². The molecule has 0 spiro atoms. The van der Waals surface area contributed by atoms with E-state index in [1.165, 1.54) is 7.11 Å². The zero-order chi connectivity index (χ0) is 28.2. The number of ether oxygens (including phenoxy) is 2. The van der Waals surface area contributed by atoms with Crippen LogP contribution in [-0.4, -0.2) is 71.2 Å². The first-order chi connectivity index (χ1) is 16.3. The molecule has 0 saturated heterocycles.